The number of nitrogen functional groups attached to an aromatic ring is 1. The van der Waals surface area contributed by atoms with Crippen molar-refractivity contribution in [2.45, 2.75) is 25.2 Å². The fourth-order valence-electron chi connectivity index (χ4n) is 1.17. The third-order valence-electron chi connectivity index (χ3n) is 2.29. The molecule has 0 aliphatic rings. The lowest BCUT2D eigenvalue weighted by atomic mass is 10.0. The SMILES string of the molecule is Cc1ccc(C(F)C(F)(F)C(F)(F)F)cc1N. The topological polar surface area (TPSA) is 26.0 Å². The molecule has 0 saturated heterocycles. The quantitative estimate of drug-likeness (QED) is 0.633. The zero-order valence-electron chi connectivity index (χ0n) is 8.65. The van der Waals surface area contributed by atoms with Gasteiger partial charge in [-0.3, -0.25) is 0 Å². The summed E-state index contributed by atoms with van der Waals surface area (Å²) in [6.07, 6.45) is -9.41. The number of halogens is 6. The minimum Gasteiger partial charge on any atom is -0.399 e. The van der Waals surface area contributed by atoms with Gasteiger partial charge < -0.3 is 5.73 Å². The summed E-state index contributed by atoms with van der Waals surface area (Å²) in [7, 11) is 0. The van der Waals surface area contributed by atoms with Gasteiger partial charge in [0, 0.05) is 5.69 Å². The van der Waals surface area contributed by atoms with Gasteiger partial charge >= 0.3 is 12.1 Å². The van der Waals surface area contributed by atoms with E-state index in [0.717, 1.165) is 12.1 Å². The molecule has 7 heteroatoms. The molecule has 1 nitrogen and oxygen atoms in total. The number of hydrogen-bond donors (Lipinski definition) is 1. The largest absolute Gasteiger partial charge is 0.456 e. The molecule has 17 heavy (non-hydrogen) atoms. The van der Waals surface area contributed by atoms with Crippen LogP contribution in [-0.4, -0.2) is 12.1 Å². The average Bonchev–Trinajstić information content (AvgIpc) is 2.19. The summed E-state index contributed by atoms with van der Waals surface area (Å²) in [6.45, 7) is 1.52. The predicted octanol–water partition coefficient (Wildman–Crippen LogP) is 3.79. The lowest BCUT2D eigenvalue weighted by molar-refractivity contribution is -0.305. The van der Waals surface area contributed by atoms with Crippen molar-refractivity contribution in [2.24, 2.45) is 0 Å². The number of hydrogen-bond acceptors (Lipinski definition) is 1. The van der Waals surface area contributed by atoms with Crippen LogP contribution in [0.15, 0.2) is 18.2 Å². The number of nitrogens with two attached hydrogens (primary N) is 1. The van der Waals surface area contributed by atoms with Crippen LogP contribution in [0, 0.1) is 6.92 Å². The van der Waals surface area contributed by atoms with E-state index in [1.54, 1.807) is 0 Å². The van der Waals surface area contributed by atoms with Crippen molar-refractivity contribution < 1.29 is 26.3 Å². The first-order valence-electron chi connectivity index (χ1n) is 4.52. The van der Waals surface area contributed by atoms with E-state index in [1.165, 1.54) is 13.0 Å². The van der Waals surface area contributed by atoms with Crippen LogP contribution in [0.3, 0.4) is 0 Å². The summed E-state index contributed by atoms with van der Waals surface area (Å²) in [5.74, 6) is -5.44. The molecule has 0 amide bonds. The van der Waals surface area contributed by atoms with Gasteiger partial charge in [-0.2, -0.15) is 22.0 Å². The summed E-state index contributed by atoms with van der Waals surface area (Å²) >= 11 is 0. The van der Waals surface area contributed by atoms with Crippen molar-refractivity contribution in [1.29, 1.82) is 0 Å². The Hall–Kier alpha value is -1.40. The van der Waals surface area contributed by atoms with Crippen molar-refractivity contribution in [1.82, 2.24) is 0 Å². The smallest absolute Gasteiger partial charge is 0.399 e. The van der Waals surface area contributed by atoms with Gasteiger partial charge in [0.15, 0.2) is 6.17 Å². The van der Waals surface area contributed by atoms with Crippen molar-refractivity contribution in [3.8, 4) is 0 Å². The van der Waals surface area contributed by atoms with Gasteiger partial charge in [-0.25, -0.2) is 4.39 Å². The molecule has 96 valence electrons. The maximum Gasteiger partial charge on any atom is 0.456 e. The molecule has 0 bridgehead atoms. The molecular formula is C10H9F6N. The highest BCUT2D eigenvalue weighted by Crippen LogP contribution is 2.46. The van der Waals surface area contributed by atoms with E-state index in [1.807, 2.05) is 0 Å². The van der Waals surface area contributed by atoms with Crippen LogP contribution in [0.4, 0.5) is 32.0 Å². The van der Waals surface area contributed by atoms with Gasteiger partial charge in [-0.05, 0) is 24.1 Å². The number of rotatable bonds is 2. The fourth-order valence-corrected chi connectivity index (χ4v) is 1.17. The molecule has 0 radical (unpaired) electrons. The lowest BCUT2D eigenvalue weighted by Gasteiger charge is -2.23. The van der Waals surface area contributed by atoms with E-state index in [0.29, 0.717) is 5.56 Å². The molecule has 1 atom stereocenters. The summed E-state index contributed by atoms with van der Waals surface area (Å²) in [6, 6.07) is 2.82. The molecule has 0 saturated carbocycles. The molecule has 1 unspecified atom stereocenters. The van der Waals surface area contributed by atoms with E-state index in [2.05, 4.69) is 0 Å². The Bertz CT molecular complexity index is 412. The zero-order chi connectivity index (χ0) is 13.4. The van der Waals surface area contributed by atoms with Crippen LogP contribution < -0.4 is 5.73 Å². The van der Waals surface area contributed by atoms with Gasteiger partial charge in [0.05, 0.1) is 0 Å². The molecule has 0 spiro atoms. The summed E-state index contributed by atoms with van der Waals surface area (Å²) in [5.41, 5.74) is 4.95. The maximum absolute atomic E-state index is 13.2. The molecule has 0 aliphatic carbocycles. The highest BCUT2D eigenvalue weighted by molar-refractivity contribution is 5.49. The second-order valence-electron chi connectivity index (χ2n) is 3.60. The van der Waals surface area contributed by atoms with Gasteiger partial charge in [0.1, 0.15) is 0 Å². The Balaban J connectivity index is 3.12. The molecule has 1 aromatic rings. The highest BCUT2D eigenvalue weighted by Gasteiger charge is 2.63. The Kier molecular flexibility index (Phi) is 3.31. The molecule has 0 fully saturated rings. The summed E-state index contributed by atoms with van der Waals surface area (Å²) in [4.78, 5) is 0. The molecular weight excluding hydrogens is 248 g/mol. The molecule has 1 aromatic carbocycles. The number of aryl methyl sites for hydroxylation is 1. The predicted molar refractivity (Wildman–Crippen MR) is 50.4 cm³/mol. The van der Waals surface area contributed by atoms with Crippen molar-refractivity contribution in [3.05, 3.63) is 29.3 Å². The molecule has 1 rings (SSSR count). The van der Waals surface area contributed by atoms with Crippen molar-refractivity contribution in [2.75, 3.05) is 5.73 Å². The highest BCUT2D eigenvalue weighted by atomic mass is 19.4. The van der Waals surface area contributed by atoms with E-state index in [4.69, 9.17) is 5.73 Å². The standard InChI is InChI=1S/C10H9F6N/c1-5-2-3-6(4-7(5)17)8(11)9(12,13)10(14,15)16/h2-4,8H,17H2,1H3. The van der Waals surface area contributed by atoms with Crippen LogP contribution in [-0.2, 0) is 0 Å². The first-order valence-corrected chi connectivity index (χ1v) is 4.52. The Labute approximate surface area is 93.2 Å². The molecule has 0 aromatic heterocycles. The minimum absolute atomic E-state index is 0.0388. The zero-order valence-corrected chi connectivity index (χ0v) is 8.65. The first-order chi connectivity index (χ1) is 7.57. The summed E-state index contributed by atoms with van der Waals surface area (Å²) in [5, 5.41) is 0. The fraction of sp³-hybridized carbons (Fsp3) is 0.400. The van der Waals surface area contributed by atoms with Gasteiger partial charge in [0.25, 0.3) is 0 Å². The lowest BCUT2D eigenvalue weighted by Crippen LogP contribution is -2.40. The average molecular weight is 257 g/mol. The second kappa shape index (κ2) is 4.12. The van der Waals surface area contributed by atoms with E-state index >= 15 is 0 Å². The molecule has 2 N–H and O–H groups in total. The van der Waals surface area contributed by atoms with Gasteiger partial charge in [-0.1, -0.05) is 12.1 Å². The van der Waals surface area contributed by atoms with Gasteiger partial charge in [-0.15, -0.1) is 0 Å². The van der Waals surface area contributed by atoms with Gasteiger partial charge in [0.2, 0.25) is 0 Å². The minimum atomic E-state index is -5.94. The van der Waals surface area contributed by atoms with E-state index in [9.17, 15) is 26.3 Å². The molecule has 0 heterocycles. The number of benzene rings is 1. The number of anilines is 1. The van der Waals surface area contributed by atoms with Crippen LogP contribution >= 0.6 is 0 Å². The summed E-state index contributed by atoms with van der Waals surface area (Å²) < 4.78 is 74.4. The third-order valence-corrected chi connectivity index (χ3v) is 2.29. The van der Waals surface area contributed by atoms with Crippen molar-refractivity contribution in [3.63, 3.8) is 0 Å². The van der Waals surface area contributed by atoms with Crippen LogP contribution in [0.2, 0.25) is 0 Å². The Morgan fingerprint density at radius 2 is 1.65 bits per heavy atom. The Morgan fingerprint density at radius 1 is 1.12 bits per heavy atom. The van der Waals surface area contributed by atoms with Crippen LogP contribution in [0.5, 0.6) is 0 Å². The van der Waals surface area contributed by atoms with Crippen molar-refractivity contribution >= 4 is 5.69 Å². The van der Waals surface area contributed by atoms with E-state index in [-0.39, 0.29) is 5.69 Å². The third kappa shape index (κ3) is 2.48. The van der Waals surface area contributed by atoms with Crippen LogP contribution in [0.1, 0.15) is 17.3 Å². The molecule has 0 aliphatic heterocycles. The monoisotopic (exact) mass is 257 g/mol. The van der Waals surface area contributed by atoms with E-state index < -0.39 is 23.8 Å². The second-order valence-corrected chi connectivity index (χ2v) is 3.60. The first kappa shape index (κ1) is 13.7. The van der Waals surface area contributed by atoms with Crippen LogP contribution in [0.25, 0.3) is 0 Å². The normalized spacial score (nSPS) is 14.8. The number of alkyl halides is 6. The Morgan fingerprint density at radius 3 is 2.06 bits per heavy atom. The maximum atomic E-state index is 13.2.